The summed E-state index contributed by atoms with van der Waals surface area (Å²) in [6.45, 7) is 7.16. The SMILES string of the molecule is CN=C(NCc1cn2c(C)cccc2n1)N1CCOC(c2ccccc2C)C1. The van der Waals surface area contributed by atoms with E-state index in [1.165, 1.54) is 16.8 Å². The van der Waals surface area contributed by atoms with E-state index in [1.54, 1.807) is 0 Å². The van der Waals surface area contributed by atoms with Gasteiger partial charge in [-0.15, -0.1) is 0 Å². The number of pyridine rings is 1. The minimum atomic E-state index is 0.0614. The highest BCUT2D eigenvalue weighted by atomic mass is 16.5. The summed E-state index contributed by atoms with van der Waals surface area (Å²) in [5, 5.41) is 3.47. The number of fused-ring (bicyclic) bond motifs is 1. The molecule has 6 nitrogen and oxygen atoms in total. The second-order valence-corrected chi connectivity index (χ2v) is 7.19. The van der Waals surface area contributed by atoms with Crippen LogP contribution in [0.15, 0.2) is 53.7 Å². The third-order valence-corrected chi connectivity index (χ3v) is 5.29. The fourth-order valence-corrected chi connectivity index (χ4v) is 3.76. The number of hydrogen-bond acceptors (Lipinski definition) is 3. The number of aryl methyl sites for hydroxylation is 2. The van der Waals surface area contributed by atoms with Gasteiger partial charge in [-0.25, -0.2) is 4.98 Å². The second-order valence-electron chi connectivity index (χ2n) is 7.19. The molecule has 1 aliphatic heterocycles. The first-order chi connectivity index (χ1) is 13.7. The molecule has 0 aliphatic carbocycles. The number of benzene rings is 1. The maximum absolute atomic E-state index is 6.05. The number of hydrogen-bond donors (Lipinski definition) is 1. The number of morpholine rings is 1. The van der Waals surface area contributed by atoms with Crippen molar-refractivity contribution in [1.29, 1.82) is 0 Å². The lowest BCUT2D eigenvalue weighted by molar-refractivity contribution is -0.00834. The summed E-state index contributed by atoms with van der Waals surface area (Å²) in [5.41, 5.74) is 5.66. The number of guanidine groups is 1. The fraction of sp³-hybridized carbons (Fsp3) is 0.364. The molecule has 1 N–H and O–H groups in total. The van der Waals surface area contributed by atoms with Crippen LogP contribution in [0.1, 0.15) is 28.6 Å². The summed E-state index contributed by atoms with van der Waals surface area (Å²) in [7, 11) is 1.83. The van der Waals surface area contributed by atoms with Gasteiger partial charge in [-0.1, -0.05) is 30.3 Å². The van der Waals surface area contributed by atoms with E-state index in [4.69, 9.17) is 9.72 Å². The molecule has 28 heavy (non-hydrogen) atoms. The Labute approximate surface area is 165 Å². The molecule has 1 saturated heterocycles. The van der Waals surface area contributed by atoms with Crippen molar-refractivity contribution in [3.63, 3.8) is 0 Å². The van der Waals surface area contributed by atoms with E-state index in [9.17, 15) is 0 Å². The predicted molar refractivity (Wildman–Crippen MR) is 112 cm³/mol. The zero-order chi connectivity index (χ0) is 19.5. The highest BCUT2D eigenvalue weighted by Gasteiger charge is 2.25. The van der Waals surface area contributed by atoms with Crippen molar-refractivity contribution >= 4 is 11.6 Å². The lowest BCUT2D eigenvalue weighted by Crippen LogP contribution is -2.48. The first-order valence-corrected chi connectivity index (χ1v) is 9.72. The number of imidazole rings is 1. The van der Waals surface area contributed by atoms with Gasteiger partial charge in [-0.2, -0.15) is 0 Å². The van der Waals surface area contributed by atoms with Crippen LogP contribution in [0, 0.1) is 13.8 Å². The molecule has 0 bridgehead atoms. The van der Waals surface area contributed by atoms with Crippen LogP contribution >= 0.6 is 0 Å². The summed E-state index contributed by atoms with van der Waals surface area (Å²) in [6.07, 6.45) is 2.15. The fourth-order valence-electron chi connectivity index (χ4n) is 3.76. The average Bonchev–Trinajstić information content (AvgIpc) is 3.14. The van der Waals surface area contributed by atoms with Gasteiger partial charge < -0.3 is 19.4 Å². The summed E-state index contributed by atoms with van der Waals surface area (Å²) < 4.78 is 8.16. The molecule has 0 spiro atoms. The van der Waals surface area contributed by atoms with Crippen LogP contribution in [0.25, 0.3) is 5.65 Å². The number of nitrogens with one attached hydrogen (secondary N) is 1. The maximum Gasteiger partial charge on any atom is 0.194 e. The summed E-state index contributed by atoms with van der Waals surface area (Å²) in [5.74, 6) is 0.885. The third-order valence-electron chi connectivity index (χ3n) is 5.29. The van der Waals surface area contributed by atoms with E-state index in [0.717, 1.165) is 30.4 Å². The van der Waals surface area contributed by atoms with Gasteiger partial charge in [-0.3, -0.25) is 4.99 Å². The van der Waals surface area contributed by atoms with E-state index in [-0.39, 0.29) is 6.10 Å². The first kappa shape index (κ1) is 18.5. The monoisotopic (exact) mass is 377 g/mol. The van der Waals surface area contributed by atoms with Crippen molar-refractivity contribution in [2.24, 2.45) is 4.99 Å². The van der Waals surface area contributed by atoms with Gasteiger partial charge in [-0.05, 0) is 37.1 Å². The van der Waals surface area contributed by atoms with Crippen LogP contribution in [0.2, 0.25) is 0 Å². The molecular weight excluding hydrogens is 350 g/mol. The van der Waals surface area contributed by atoms with Crippen LogP contribution in [0.4, 0.5) is 0 Å². The Morgan fingerprint density at radius 1 is 1.21 bits per heavy atom. The minimum Gasteiger partial charge on any atom is -0.370 e. The number of nitrogens with zero attached hydrogens (tertiary/aromatic N) is 4. The summed E-state index contributed by atoms with van der Waals surface area (Å²) >= 11 is 0. The molecule has 3 heterocycles. The van der Waals surface area contributed by atoms with Gasteiger partial charge in [0.15, 0.2) is 5.96 Å². The lowest BCUT2D eigenvalue weighted by Gasteiger charge is -2.35. The van der Waals surface area contributed by atoms with Crippen LogP contribution in [-0.4, -0.2) is 47.0 Å². The zero-order valence-electron chi connectivity index (χ0n) is 16.7. The molecule has 1 unspecified atom stereocenters. The first-order valence-electron chi connectivity index (χ1n) is 9.72. The van der Waals surface area contributed by atoms with Gasteiger partial charge in [0.25, 0.3) is 0 Å². The van der Waals surface area contributed by atoms with Crippen molar-refractivity contribution in [2.45, 2.75) is 26.5 Å². The number of ether oxygens (including phenoxy) is 1. The summed E-state index contributed by atoms with van der Waals surface area (Å²) in [4.78, 5) is 11.5. The molecule has 0 saturated carbocycles. The Bertz CT molecular complexity index is 994. The van der Waals surface area contributed by atoms with Gasteiger partial charge in [0.1, 0.15) is 11.8 Å². The topological polar surface area (TPSA) is 54.2 Å². The Hall–Kier alpha value is -2.86. The molecule has 3 aromatic rings. The van der Waals surface area contributed by atoms with Crippen LogP contribution in [0.5, 0.6) is 0 Å². The number of rotatable bonds is 3. The lowest BCUT2D eigenvalue weighted by atomic mass is 10.0. The quantitative estimate of drug-likeness (QED) is 0.563. The molecule has 1 fully saturated rings. The van der Waals surface area contributed by atoms with Crippen LogP contribution in [-0.2, 0) is 11.3 Å². The highest BCUT2D eigenvalue weighted by molar-refractivity contribution is 5.80. The van der Waals surface area contributed by atoms with Crippen molar-refractivity contribution in [3.8, 4) is 0 Å². The number of aliphatic imine (C=N–C) groups is 1. The Morgan fingerprint density at radius 3 is 2.86 bits per heavy atom. The Kier molecular flexibility index (Phi) is 5.30. The Balaban J connectivity index is 1.44. The highest BCUT2D eigenvalue weighted by Crippen LogP contribution is 2.25. The molecule has 2 aromatic heterocycles. The molecular formula is C22H27N5O. The maximum atomic E-state index is 6.05. The van der Waals surface area contributed by atoms with E-state index < -0.39 is 0 Å². The van der Waals surface area contributed by atoms with E-state index in [1.807, 2.05) is 19.2 Å². The van der Waals surface area contributed by atoms with Gasteiger partial charge >= 0.3 is 0 Å². The Morgan fingerprint density at radius 2 is 2.07 bits per heavy atom. The van der Waals surface area contributed by atoms with Crippen molar-refractivity contribution < 1.29 is 4.74 Å². The molecule has 6 heteroatoms. The predicted octanol–water partition coefficient (Wildman–Crippen LogP) is 3.10. The normalized spacial score (nSPS) is 17.9. The average molecular weight is 377 g/mol. The molecule has 4 rings (SSSR count). The van der Waals surface area contributed by atoms with Crippen LogP contribution in [0.3, 0.4) is 0 Å². The second kappa shape index (κ2) is 8.02. The molecule has 146 valence electrons. The van der Waals surface area contributed by atoms with Gasteiger partial charge in [0, 0.05) is 25.5 Å². The summed E-state index contributed by atoms with van der Waals surface area (Å²) in [6, 6.07) is 14.6. The van der Waals surface area contributed by atoms with Crippen LogP contribution < -0.4 is 5.32 Å². The number of aromatic nitrogens is 2. The van der Waals surface area contributed by atoms with E-state index in [2.05, 4.69) is 70.0 Å². The molecule has 1 aliphatic rings. The third kappa shape index (κ3) is 3.73. The molecule has 0 radical (unpaired) electrons. The van der Waals surface area contributed by atoms with E-state index >= 15 is 0 Å². The van der Waals surface area contributed by atoms with E-state index in [0.29, 0.717) is 13.2 Å². The van der Waals surface area contributed by atoms with Gasteiger partial charge in [0.05, 0.1) is 25.4 Å². The molecule has 0 amide bonds. The zero-order valence-corrected chi connectivity index (χ0v) is 16.7. The minimum absolute atomic E-state index is 0.0614. The molecule has 1 atom stereocenters. The van der Waals surface area contributed by atoms with Crippen molar-refractivity contribution in [1.82, 2.24) is 19.6 Å². The smallest absolute Gasteiger partial charge is 0.194 e. The van der Waals surface area contributed by atoms with Crippen molar-refractivity contribution in [3.05, 3.63) is 71.2 Å². The standard InChI is InChI=1S/C22H27N5O/c1-16-7-4-5-9-19(16)20-15-26(11-12-28-20)22(23-3)24-13-18-14-27-17(2)8-6-10-21(27)25-18/h4-10,14,20H,11-13,15H2,1-3H3,(H,23,24). The van der Waals surface area contributed by atoms with Gasteiger partial charge in [0.2, 0.25) is 0 Å². The molecule has 1 aromatic carbocycles. The van der Waals surface area contributed by atoms with Crippen molar-refractivity contribution in [2.75, 3.05) is 26.7 Å². The largest absolute Gasteiger partial charge is 0.370 e.